The van der Waals surface area contributed by atoms with Crippen LogP contribution in [0.1, 0.15) is 12.5 Å². The lowest BCUT2D eigenvalue weighted by atomic mass is 9.94. The second-order valence-electron chi connectivity index (χ2n) is 5.88. The summed E-state index contributed by atoms with van der Waals surface area (Å²) in [5.74, 6) is -0.145. The second kappa shape index (κ2) is 7.09. The van der Waals surface area contributed by atoms with Gasteiger partial charge >= 0.3 is 5.97 Å². The first kappa shape index (κ1) is 16.6. The van der Waals surface area contributed by atoms with Gasteiger partial charge in [-0.15, -0.1) is 0 Å². The van der Waals surface area contributed by atoms with Crippen LogP contribution in [0, 0.1) is 5.92 Å². The predicted molar refractivity (Wildman–Crippen MR) is 84.3 cm³/mol. The monoisotopic (exact) mass is 335 g/mol. The molecule has 130 valence electrons. The smallest absolute Gasteiger partial charge is 0.328 e. The first-order valence-corrected chi connectivity index (χ1v) is 8.09. The molecular weight excluding hydrogens is 314 g/mol. The van der Waals surface area contributed by atoms with Gasteiger partial charge in [-0.2, -0.15) is 0 Å². The van der Waals surface area contributed by atoms with E-state index in [4.69, 9.17) is 14.2 Å². The maximum atomic E-state index is 12.8. The number of ether oxygens (including phenoxy) is 3. The van der Waals surface area contributed by atoms with Crippen LogP contribution < -0.4 is 9.47 Å². The topological polar surface area (TPSA) is 85.3 Å². The molecule has 24 heavy (non-hydrogen) atoms. The quantitative estimate of drug-likeness (QED) is 0.882. The molecule has 0 radical (unpaired) electrons. The summed E-state index contributed by atoms with van der Waals surface area (Å²) in [6, 6.07) is 4.64. The molecule has 1 saturated heterocycles. The highest BCUT2D eigenvalue weighted by Gasteiger charge is 2.37. The largest absolute Gasteiger partial charge is 0.494 e. The first-order chi connectivity index (χ1) is 11.6. The fraction of sp³-hybridized carbons (Fsp3) is 0.529. The molecule has 0 saturated carbocycles. The third kappa shape index (κ3) is 3.31. The third-order valence-corrected chi connectivity index (χ3v) is 4.30. The molecule has 0 aliphatic carbocycles. The van der Waals surface area contributed by atoms with Crippen molar-refractivity contribution in [2.75, 3.05) is 33.0 Å². The van der Waals surface area contributed by atoms with Gasteiger partial charge in [-0.25, -0.2) is 4.79 Å². The number of hydrogen-bond acceptors (Lipinski definition) is 5. The van der Waals surface area contributed by atoms with Gasteiger partial charge in [0, 0.05) is 6.54 Å². The number of fused-ring (bicyclic) bond motifs is 1. The highest BCUT2D eigenvalue weighted by atomic mass is 16.5. The summed E-state index contributed by atoms with van der Waals surface area (Å²) in [6.45, 7) is 3.40. The van der Waals surface area contributed by atoms with E-state index in [9.17, 15) is 14.7 Å². The van der Waals surface area contributed by atoms with Crippen molar-refractivity contribution in [2.24, 2.45) is 5.92 Å². The number of carboxylic acids is 1. The fourth-order valence-electron chi connectivity index (χ4n) is 3.09. The van der Waals surface area contributed by atoms with E-state index in [-0.39, 0.29) is 25.7 Å². The van der Waals surface area contributed by atoms with E-state index >= 15 is 0 Å². The van der Waals surface area contributed by atoms with Crippen LogP contribution in [0.15, 0.2) is 18.2 Å². The van der Waals surface area contributed by atoms with Crippen molar-refractivity contribution in [1.82, 2.24) is 4.90 Å². The Morgan fingerprint density at radius 2 is 2.21 bits per heavy atom. The van der Waals surface area contributed by atoms with Gasteiger partial charge in [-0.3, -0.25) is 4.79 Å². The zero-order chi connectivity index (χ0) is 17.1. The zero-order valence-electron chi connectivity index (χ0n) is 13.6. The SMILES string of the molecule is CCOc1ccc2c(c1)C[C@H](C(=O)N1CCOC[C@@H]1C(=O)O)CO2. The summed E-state index contributed by atoms with van der Waals surface area (Å²) in [5.41, 5.74) is 0.908. The van der Waals surface area contributed by atoms with E-state index in [2.05, 4.69) is 0 Å². The molecule has 1 N–H and O–H groups in total. The minimum absolute atomic E-state index is 0.0275. The Labute approximate surface area is 140 Å². The van der Waals surface area contributed by atoms with E-state index in [1.54, 1.807) is 0 Å². The van der Waals surface area contributed by atoms with Crippen LogP contribution in [-0.2, 0) is 20.7 Å². The van der Waals surface area contributed by atoms with Gasteiger partial charge in [0.25, 0.3) is 0 Å². The average Bonchev–Trinajstić information content (AvgIpc) is 2.60. The Kier molecular flexibility index (Phi) is 4.89. The molecule has 1 aromatic rings. The molecule has 0 unspecified atom stereocenters. The van der Waals surface area contributed by atoms with Gasteiger partial charge in [-0.05, 0) is 37.1 Å². The van der Waals surface area contributed by atoms with Crippen molar-refractivity contribution in [3.63, 3.8) is 0 Å². The molecular formula is C17H21NO6. The van der Waals surface area contributed by atoms with Gasteiger partial charge in [0.2, 0.25) is 5.91 Å². The molecule has 0 spiro atoms. The number of carbonyl (C=O) groups is 2. The third-order valence-electron chi connectivity index (χ3n) is 4.30. The number of carboxylic acid groups (broad SMARTS) is 1. The lowest BCUT2D eigenvalue weighted by molar-refractivity contribution is -0.161. The molecule has 0 aromatic heterocycles. The first-order valence-electron chi connectivity index (χ1n) is 8.09. The van der Waals surface area contributed by atoms with Crippen LogP contribution in [0.5, 0.6) is 11.5 Å². The summed E-state index contributed by atoms with van der Waals surface area (Å²) in [5, 5.41) is 9.29. The molecule has 1 fully saturated rings. The Bertz CT molecular complexity index is 632. The summed E-state index contributed by atoms with van der Waals surface area (Å²) in [4.78, 5) is 25.5. The summed E-state index contributed by atoms with van der Waals surface area (Å²) in [7, 11) is 0. The standard InChI is InChI=1S/C17H21NO6/c1-2-23-13-3-4-15-11(8-13)7-12(9-24-15)16(19)18-5-6-22-10-14(18)17(20)21/h3-4,8,12,14H,2,5-7,9-10H2,1H3,(H,20,21)/t12-,14+/m0/s1. The summed E-state index contributed by atoms with van der Waals surface area (Å²) < 4.78 is 16.4. The highest BCUT2D eigenvalue weighted by molar-refractivity contribution is 5.86. The van der Waals surface area contributed by atoms with E-state index in [1.165, 1.54) is 4.90 Å². The van der Waals surface area contributed by atoms with Crippen LogP contribution in [0.25, 0.3) is 0 Å². The Morgan fingerprint density at radius 1 is 1.38 bits per heavy atom. The van der Waals surface area contributed by atoms with Crippen molar-refractivity contribution < 1.29 is 28.9 Å². The van der Waals surface area contributed by atoms with Gasteiger partial charge in [0.15, 0.2) is 6.04 Å². The van der Waals surface area contributed by atoms with E-state index in [1.807, 2.05) is 25.1 Å². The Balaban J connectivity index is 1.75. The van der Waals surface area contributed by atoms with Crippen LogP contribution in [-0.4, -0.2) is 60.9 Å². The van der Waals surface area contributed by atoms with Crippen LogP contribution in [0.4, 0.5) is 0 Å². The number of nitrogens with zero attached hydrogens (tertiary/aromatic N) is 1. The normalized spacial score (nSPS) is 23.1. The van der Waals surface area contributed by atoms with Gasteiger partial charge in [0.1, 0.15) is 18.1 Å². The van der Waals surface area contributed by atoms with Crippen LogP contribution >= 0.6 is 0 Å². The molecule has 7 nitrogen and oxygen atoms in total. The maximum absolute atomic E-state index is 12.8. The van der Waals surface area contributed by atoms with Crippen LogP contribution in [0.2, 0.25) is 0 Å². The maximum Gasteiger partial charge on any atom is 0.328 e. The van der Waals surface area contributed by atoms with Crippen molar-refractivity contribution >= 4 is 11.9 Å². The van der Waals surface area contributed by atoms with Crippen LogP contribution in [0.3, 0.4) is 0 Å². The summed E-state index contributed by atoms with van der Waals surface area (Å²) in [6.07, 6.45) is 0.513. The molecule has 2 heterocycles. The van der Waals surface area contributed by atoms with Gasteiger partial charge < -0.3 is 24.2 Å². The molecule has 3 rings (SSSR count). The van der Waals surface area contributed by atoms with Gasteiger partial charge in [0.05, 0.1) is 25.7 Å². The van der Waals surface area contributed by atoms with E-state index < -0.39 is 17.9 Å². The van der Waals surface area contributed by atoms with Crippen molar-refractivity contribution in [1.29, 1.82) is 0 Å². The molecule has 2 aliphatic heterocycles. The lowest BCUT2D eigenvalue weighted by Crippen LogP contribution is -2.55. The molecule has 1 aromatic carbocycles. The molecule has 7 heteroatoms. The number of morpholine rings is 1. The molecule has 1 amide bonds. The number of rotatable bonds is 4. The Morgan fingerprint density at radius 3 is 2.96 bits per heavy atom. The average molecular weight is 335 g/mol. The lowest BCUT2D eigenvalue weighted by Gasteiger charge is -2.36. The van der Waals surface area contributed by atoms with Gasteiger partial charge in [-0.1, -0.05) is 0 Å². The highest BCUT2D eigenvalue weighted by Crippen LogP contribution is 2.31. The molecule has 0 bridgehead atoms. The molecule has 2 atom stereocenters. The van der Waals surface area contributed by atoms with Crippen molar-refractivity contribution in [2.45, 2.75) is 19.4 Å². The minimum atomic E-state index is -1.04. The zero-order valence-corrected chi connectivity index (χ0v) is 13.6. The number of hydrogen-bond donors (Lipinski definition) is 1. The van der Waals surface area contributed by atoms with E-state index in [0.717, 1.165) is 17.1 Å². The Hall–Kier alpha value is -2.28. The second-order valence-corrected chi connectivity index (χ2v) is 5.88. The van der Waals surface area contributed by atoms with E-state index in [0.29, 0.717) is 19.6 Å². The number of aliphatic carboxylic acids is 1. The van der Waals surface area contributed by atoms with Crippen molar-refractivity contribution in [3.05, 3.63) is 23.8 Å². The van der Waals surface area contributed by atoms with Crippen molar-refractivity contribution in [3.8, 4) is 11.5 Å². The number of amides is 1. The fourth-order valence-corrected chi connectivity index (χ4v) is 3.09. The molecule has 2 aliphatic rings. The number of carbonyl (C=O) groups excluding carboxylic acids is 1. The predicted octanol–water partition coefficient (Wildman–Crippen LogP) is 0.948. The minimum Gasteiger partial charge on any atom is -0.494 e. The summed E-state index contributed by atoms with van der Waals surface area (Å²) >= 11 is 0. The number of benzene rings is 1.